The lowest BCUT2D eigenvalue weighted by Crippen LogP contribution is -2.54. The van der Waals surface area contributed by atoms with Crippen molar-refractivity contribution in [3.8, 4) is 0 Å². The first kappa shape index (κ1) is 107. The zero-order chi connectivity index (χ0) is 75.2. The number of hydrogen-bond donors (Lipinski definition) is 5. The molecule has 1 heterocycles. The van der Waals surface area contributed by atoms with Gasteiger partial charge in [0.05, 0.1) is 171 Å². The summed E-state index contributed by atoms with van der Waals surface area (Å²) >= 11 is 0. The van der Waals surface area contributed by atoms with Crippen molar-refractivity contribution >= 4 is 50.9 Å². The molecule has 0 amide bonds. The van der Waals surface area contributed by atoms with E-state index in [9.17, 15) is 15.3 Å². The number of nitrogens with one attached hydrogen (secondary N) is 1. The molecule has 0 spiro atoms. The monoisotopic (exact) mass is 1530 g/mol. The van der Waals surface area contributed by atoms with Crippen LogP contribution in [0.2, 0.25) is 78.6 Å². The Balaban J connectivity index is -0.000000367. The van der Waals surface area contributed by atoms with Gasteiger partial charge in [0.15, 0.2) is 0 Å². The molecule has 0 bridgehead atoms. The van der Waals surface area contributed by atoms with E-state index in [1.165, 1.54) is 45.3 Å². The molecule has 598 valence electrons. The van der Waals surface area contributed by atoms with Gasteiger partial charge in [-0.3, -0.25) is 0 Å². The van der Waals surface area contributed by atoms with Gasteiger partial charge in [0.1, 0.15) is 6.10 Å². The number of unbranched alkanes of at least 4 members (excludes halogenated alkanes) is 4. The molecular formula is C66H158N4O22Si6. The highest BCUT2D eigenvalue weighted by molar-refractivity contribution is 6.87. The average Bonchev–Trinajstić information content (AvgIpc) is 1.39. The zero-order valence-corrected chi connectivity index (χ0v) is 72.9. The number of nitrogens with two attached hydrogens (primary N) is 1. The topological polar surface area (TPSA) is 284 Å². The molecule has 1 fully saturated rings. The molecule has 0 aromatic carbocycles. The fourth-order valence-electron chi connectivity index (χ4n) is 7.55. The van der Waals surface area contributed by atoms with Crippen LogP contribution in [0, 0.1) is 0 Å². The fourth-order valence-corrected chi connectivity index (χ4v) is 29.9. The normalized spacial score (nSPS) is 13.8. The maximum atomic E-state index is 9.29. The van der Waals surface area contributed by atoms with Gasteiger partial charge in [0.2, 0.25) is 16.6 Å². The largest absolute Gasteiger partial charge is 0.435 e. The number of nitrogens with zero attached hydrogens (tertiary/aromatic N) is 2. The van der Waals surface area contributed by atoms with Crippen LogP contribution in [0.5, 0.6) is 0 Å². The molecule has 2 unspecified atom stereocenters. The molecule has 1 aliphatic heterocycles. The van der Waals surface area contributed by atoms with Crippen LogP contribution >= 0.6 is 0 Å². The summed E-state index contributed by atoms with van der Waals surface area (Å²) in [6.07, 6.45) is 10.6. The van der Waals surface area contributed by atoms with Gasteiger partial charge in [-0.2, -0.15) is 0 Å². The van der Waals surface area contributed by atoms with Crippen LogP contribution in [0.15, 0.2) is 0 Å². The second-order valence-electron chi connectivity index (χ2n) is 26.6. The Bertz CT molecular complexity index is 1500. The standard InChI is InChI=1S/C18H38O7.C17H34O7.C9H22N2.2C8H24O4Si3.C6H16N2/c1-3-5-6-20-7-8-21-9-10-22-11-12-23-13-14-24-15-16-25-17-18(19)4-2;1-2-3-4-18-5-6-19-7-8-20-9-10-21-11-12-22-13-14-23-15-17-16-24-17;1-5-6-7-11(4)9-8-10(2)3;2*1-10-14(4,5)12-15(6,7)11-13(2,3)8-9;1-2-3-5-8-6-4-7/h18-19H,3-17H2,1-2H3;17H,2-16H2,1H3;5-9H2,1-4H3;2*9H,8H2,1-7H3;8H,2-7H2,1H3. The third-order valence-electron chi connectivity index (χ3n) is 13.1. The highest BCUT2D eigenvalue weighted by Crippen LogP contribution is 2.22. The molecule has 32 heteroatoms. The first-order valence-corrected chi connectivity index (χ1v) is 54.0. The van der Waals surface area contributed by atoms with Crippen LogP contribution in [0.1, 0.15) is 92.4 Å². The van der Waals surface area contributed by atoms with E-state index in [2.05, 4.69) is 64.0 Å². The van der Waals surface area contributed by atoms with Crippen LogP contribution in [0.3, 0.4) is 0 Å². The molecule has 0 saturated carbocycles. The quantitative estimate of drug-likeness (QED) is 0.0218. The second kappa shape index (κ2) is 74.1. The number of aliphatic hydroxyl groups excluding tert-OH is 3. The molecule has 1 aliphatic rings. The lowest BCUT2D eigenvalue weighted by Gasteiger charge is -2.36. The minimum absolute atomic E-state index is 0.127. The van der Waals surface area contributed by atoms with E-state index in [1.54, 1.807) is 14.2 Å². The van der Waals surface area contributed by atoms with E-state index in [0.717, 1.165) is 65.1 Å². The van der Waals surface area contributed by atoms with Crippen LogP contribution in [-0.2, 0) is 86.9 Å². The van der Waals surface area contributed by atoms with Crippen LogP contribution in [0.4, 0.5) is 0 Å². The number of epoxide rings is 1. The van der Waals surface area contributed by atoms with Crippen LogP contribution < -0.4 is 11.1 Å². The van der Waals surface area contributed by atoms with Crippen LogP contribution in [0.25, 0.3) is 0 Å². The number of ether oxygens (including phenoxy) is 13. The average molecular weight is 1530 g/mol. The maximum Gasteiger partial charge on any atom is 0.322 e. The number of likely N-dealkylation sites (N-methyl/N-ethyl adjacent to an activating group) is 2. The van der Waals surface area contributed by atoms with Crippen molar-refractivity contribution < 1.29 is 102 Å². The first-order valence-electron chi connectivity index (χ1n) is 36.5. The lowest BCUT2D eigenvalue weighted by atomic mass is 10.3. The molecule has 1 saturated heterocycles. The van der Waals surface area contributed by atoms with E-state index in [-0.39, 0.29) is 18.6 Å². The summed E-state index contributed by atoms with van der Waals surface area (Å²) in [6, 6.07) is 0. The fraction of sp³-hybridized carbons (Fsp3) is 1.00. The summed E-state index contributed by atoms with van der Waals surface area (Å²) in [5.41, 5.74) is 5.25. The predicted octanol–water partition coefficient (Wildman–Crippen LogP) is 8.17. The van der Waals surface area contributed by atoms with E-state index in [0.29, 0.717) is 158 Å². The van der Waals surface area contributed by atoms with Gasteiger partial charge in [-0.25, -0.2) is 0 Å². The molecule has 2 atom stereocenters. The van der Waals surface area contributed by atoms with Gasteiger partial charge < -0.3 is 123 Å². The Kier molecular flexibility index (Phi) is 80.8. The summed E-state index contributed by atoms with van der Waals surface area (Å²) in [6.45, 7) is 56.0. The molecule has 0 aromatic rings. The van der Waals surface area contributed by atoms with Gasteiger partial charge >= 0.3 is 34.2 Å². The minimum Gasteiger partial charge on any atom is -0.435 e. The highest BCUT2D eigenvalue weighted by Gasteiger charge is 2.41. The number of hydrogen-bond acceptors (Lipinski definition) is 26. The molecule has 0 aromatic heterocycles. The zero-order valence-electron chi connectivity index (χ0n) is 66.9. The SMILES string of the molecule is CCCCN(C)CCN(C)C.CCCCNCCN.CCCCOCCOCCOCCOCCOCCOCC(O)CC.CCCCOCCOCCOCCOCCOCCOCC1CO1.CO[Si](C)(C)O[Si](C)(C)O[Si](C)(C)CO.CO[Si](C)(C)O[Si](C)(C)O[Si](C)(C)CO. The van der Waals surface area contributed by atoms with E-state index < -0.39 is 50.9 Å². The smallest absolute Gasteiger partial charge is 0.322 e. The van der Waals surface area contributed by atoms with Crippen molar-refractivity contribution in [2.75, 3.05) is 252 Å². The van der Waals surface area contributed by atoms with Gasteiger partial charge in [-0.05, 0) is 145 Å². The van der Waals surface area contributed by atoms with Crippen molar-refractivity contribution in [1.82, 2.24) is 15.1 Å². The second-order valence-corrected chi connectivity index (χ2v) is 49.6. The number of rotatable bonds is 64. The van der Waals surface area contributed by atoms with Crippen LogP contribution in [-0.4, -0.2) is 340 Å². The van der Waals surface area contributed by atoms with Gasteiger partial charge in [0.25, 0.3) is 0 Å². The summed E-state index contributed by atoms with van der Waals surface area (Å²) in [7, 11) is -2.61. The van der Waals surface area contributed by atoms with Crippen molar-refractivity contribution in [3.05, 3.63) is 0 Å². The summed E-state index contributed by atoms with van der Waals surface area (Å²) in [5.74, 6) is 0. The third-order valence-corrected chi connectivity index (χ3v) is 32.8. The Morgan fingerprint density at radius 2 is 0.735 bits per heavy atom. The molecular weight excluding hydrogens is 1370 g/mol. The maximum absolute atomic E-state index is 9.29. The van der Waals surface area contributed by atoms with Gasteiger partial charge in [0, 0.05) is 53.6 Å². The summed E-state index contributed by atoms with van der Waals surface area (Å²) in [4.78, 5) is 4.62. The molecule has 6 N–H and O–H groups in total. The Labute approximate surface area is 606 Å². The Hall–Kier alpha value is 0.261. The summed E-state index contributed by atoms with van der Waals surface area (Å²) < 4.78 is 104. The van der Waals surface area contributed by atoms with Crippen molar-refractivity contribution in [3.63, 3.8) is 0 Å². The van der Waals surface area contributed by atoms with Crippen molar-refractivity contribution in [2.45, 2.75) is 183 Å². The van der Waals surface area contributed by atoms with Crippen molar-refractivity contribution in [1.29, 1.82) is 0 Å². The molecule has 0 aliphatic carbocycles. The molecule has 98 heavy (non-hydrogen) atoms. The van der Waals surface area contributed by atoms with Gasteiger partial charge in [-0.15, -0.1) is 0 Å². The van der Waals surface area contributed by atoms with Crippen molar-refractivity contribution in [2.24, 2.45) is 5.73 Å². The lowest BCUT2D eigenvalue weighted by molar-refractivity contribution is -0.0239. The predicted molar refractivity (Wildman–Crippen MR) is 411 cm³/mol. The summed E-state index contributed by atoms with van der Waals surface area (Å²) in [5, 5.41) is 30.9. The van der Waals surface area contributed by atoms with E-state index >= 15 is 0 Å². The minimum atomic E-state index is -2.18. The van der Waals surface area contributed by atoms with E-state index in [4.69, 9.17) is 92.6 Å². The first-order chi connectivity index (χ1) is 46.4. The highest BCUT2D eigenvalue weighted by atomic mass is 28.5. The molecule has 1 rings (SSSR count). The Morgan fingerprint density at radius 1 is 0.418 bits per heavy atom. The van der Waals surface area contributed by atoms with E-state index in [1.807, 2.05) is 85.5 Å². The van der Waals surface area contributed by atoms with Gasteiger partial charge in [-0.1, -0.05) is 60.3 Å². The molecule has 26 nitrogen and oxygen atoms in total. The third kappa shape index (κ3) is 92.3. The molecule has 0 radical (unpaired) electrons. The number of aliphatic hydroxyl groups is 3. The Morgan fingerprint density at radius 3 is 1.01 bits per heavy atom.